The predicted octanol–water partition coefficient (Wildman–Crippen LogP) is 1.98. The molecule has 4 N–H and O–H groups in total. The zero-order chi connectivity index (χ0) is 22.2. The van der Waals surface area contributed by atoms with E-state index in [0.717, 1.165) is 16.5 Å². The van der Waals surface area contributed by atoms with Gasteiger partial charge in [-0.1, -0.05) is 24.3 Å². The van der Waals surface area contributed by atoms with E-state index in [0.29, 0.717) is 25.0 Å². The number of para-hydroxylation sites is 1. The molecular formula is C23H28N4O4. The molecule has 1 aliphatic rings. The van der Waals surface area contributed by atoms with E-state index in [1.165, 1.54) is 0 Å². The van der Waals surface area contributed by atoms with Crippen LogP contribution in [0.15, 0.2) is 54.5 Å². The monoisotopic (exact) mass is 424 g/mol. The van der Waals surface area contributed by atoms with Gasteiger partial charge in [0, 0.05) is 48.4 Å². The Hall–Kier alpha value is -3.55. The van der Waals surface area contributed by atoms with Crippen LogP contribution in [0.3, 0.4) is 0 Å². The van der Waals surface area contributed by atoms with E-state index < -0.39 is 11.8 Å². The van der Waals surface area contributed by atoms with Crippen molar-refractivity contribution in [2.45, 2.75) is 26.2 Å². The van der Waals surface area contributed by atoms with Crippen molar-refractivity contribution in [2.75, 3.05) is 19.7 Å². The molecule has 1 unspecified atom stereocenters. The van der Waals surface area contributed by atoms with Crippen LogP contribution in [0, 0.1) is 5.92 Å². The summed E-state index contributed by atoms with van der Waals surface area (Å²) in [5.41, 5.74) is 7.83. The number of carbonyl (C=O) groups excluding carboxylic acids is 3. The number of H-pyrrole nitrogens is 1. The van der Waals surface area contributed by atoms with E-state index in [1.807, 2.05) is 42.7 Å². The first-order valence-corrected chi connectivity index (χ1v) is 10.4. The second kappa shape index (κ2) is 10.5. The first-order valence-electron chi connectivity index (χ1n) is 10.4. The number of nitrogens with one attached hydrogen (secondary N) is 2. The van der Waals surface area contributed by atoms with Crippen molar-refractivity contribution < 1.29 is 19.1 Å². The highest BCUT2D eigenvalue weighted by Crippen LogP contribution is 2.21. The van der Waals surface area contributed by atoms with E-state index in [9.17, 15) is 14.4 Å². The minimum Gasteiger partial charge on any atom is -0.466 e. The van der Waals surface area contributed by atoms with Crippen molar-refractivity contribution >= 4 is 28.7 Å². The smallest absolute Gasteiger partial charge is 0.311 e. The highest BCUT2D eigenvalue weighted by Gasteiger charge is 2.23. The Morgan fingerprint density at radius 2 is 2.10 bits per heavy atom. The zero-order valence-corrected chi connectivity index (χ0v) is 17.6. The molecule has 0 bridgehead atoms. The quantitative estimate of drug-likeness (QED) is 0.504. The fourth-order valence-corrected chi connectivity index (χ4v) is 3.54. The fourth-order valence-electron chi connectivity index (χ4n) is 3.54. The van der Waals surface area contributed by atoms with Gasteiger partial charge in [-0.25, -0.2) is 0 Å². The molecule has 8 heteroatoms. The Kier molecular flexibility index (Phi) is 7.48. The van der Waals surface area contributed by atoms with Gasteiger partial charge in [0.05, 0.1) is 12.5 Å². The number of primary amides is 1. The van der Waals surface area contributed by atoms with E-state index >= 15 is 0 Å². The molecule has 1 aromatic heterocycles. The Morgan fingerprint density at radius 3 is 2.87 bits per heavy atom. The molecular weight excluding hydrogens is 396 g/mol. The van der Waals surface area contributed by atoms with E-state index in [2.05, 4.69) is 10.3 Å². The summed E-state index contributed by atoms with van der Waals surface area (Å²) in [6.07, 6.45) is 8.37. The van der Waals surface area contributed by atoms with Gasteiger partial charge in [0.25, 0.3) is 0 Å². The number of rotatable bonds is 10. The molecule has 0 spiro atoms. The molecule has 0 saturated carbocycles. The number of fused-ring (bicyclic) bond motifs is 1. The number of aromatic amines is 1. The number of benzene rings is 1. The van der Waals surface area contributed by atoms with Gasteiger partial charge in [-0.2, -0.15) is 0 Å². The molecule has 0 saturated heterocycles. The molecule has 1 aliphatic heterocycles. The molecule has 0 fully saturated rings. The van der Waals surface area contributed by atoms with E-state index in [1.54, 1.807) is 18.0 Å². The molecule has 164 valence electrons. The van der Waals surface area contributed by atoms with Gasteiger partial charge in [0.15, 0.2) is 0 Å². The summed E-state index contributed by atoms with van der Waals surface area (Å²) in [4.78, 5) is 41.1. The minimum atomic E-state index is -0.487. The average Bonchev–Trinajstić information content (AvgIpc) is 3.18. The molecule has 2 amide bonds. The first-order chi connectivity index (χ1) is 15.0. The second-order valence-corrected chi connectivity index (χ2v) is 7.41. The van der Waals surface area contributed by atoms with Gasteiger partial charge in [0.2, 0.25) is 11.8 Å². The second-order valence-electron chi connectivity index (χ2n) is 7.41. The van der Waals surface area contributed by atoms with Gasteiger partial charge in [0.1, 0.15) is 0 Å². The first kappa shape index (κ1) is 22.1. The van der Waals surface area contributed by atoms with Crippen molar-refractivity contribution in [3.63, 3.8) is 0 Å². The number of hydrogen-bond acceptors (Lipinski definition) is 5. The lowest BCUT2D eigenvalue weighted by Crippen LogP contribution is -2.36. The maximum atomic E-state index is 12.5. The average molecular weight is 425 g/mol. The molecule has 2 heterocycles. The summed E-state index contributed by atoms with van der Waals surface area (Å²) >= 11 is 0. The Morgan fingerprint density at radius 1 is 1.29 bits per heavy atom. The molecule has 31 heavy (non-hydrogen) atoms. The van der Waals surface area contributed by atoms with Crippen LogP contribution in [0.5, 0.6) is 0 Å². The van der Waals surface area contributed by atoms with Crippen molar-refractivity contribution in [1.29, 1.82) is 0 Å². The summed E-state index contributed by atoms with van der Waals surface area (Å²) in [5.74, 6) is -1.46. The third-order valence-corrected chi connectivity index (χ3v) is 5.18. The van der Waals surface area contributed by atoms with Crippen LogP contribution >= 0.6 is 0 Å². The molecule has 1 atom stereocenters. The number of allylic oxidation sites excluding steroid dienone is 1. The van der Waals surface area contributed by atoms with Crippen LogP contribution in [0.4, 0.5) is 0 Å². The van der Waals surface area contributed by atoms with Gasteiger partial charge >= 0.3 is 5.97 Å². The Balaban J connectivity index is 1.57. The standard InChI is InChI=1S/C23H28N4O4/c1-2-31-23(30)18(12-17-13-25-20-8-4-3-7-19(17)20)14-26-21(28)9-11-27-10-5-6-16(15-27)22(24)29/h3-5,7-8,10,13,15,18,25H,2,6,9,11-12,14H2,1H3,(H2,24,29)(H,26,28). The highest BCUT2D eigenvalue weighted by molar-refractivity contribution is 5.92. The summed E-state index contributed by atoms with van der Waals surface area (Å²) in [6.45, 7) is 2.65. The lowest BCUT2D eigenvalue weighted by molar-refractivity contribution is -0.147. The van der Waals surface area contributed by atoms with Gasteiger partial charge in [-0.3, -0.25) is 14.4 Å². The number of aromatic nitrogens is 1. The van der Waals surface area contributed by atoms with E-state index in [4.69, 9.17) is 10.5 Å². The van der Waals surface area contributed by atoms with Crippen LogP contribution in [0.1, 0.15) is 25.3 Å². The van der Waals surface area contributed by atoms with Crippen molar-refractivity contribution in [2.24, 2.45) is 11.7 Å². The van der Waals surface area contributed by atoms with Crippen LogP contribution in [-0.2, 0) is 25.5 Å². The molecule has 8 nitrogen and oxygen atoms in total. The lowest BCUT2D eigenvalue weighted by atomic mass is 9.98. The normalized spacial score (nSPS) is 14.2. The highest BCUT2D eigenvalue weighted by atomic mass is 16.5. The van der Waals surface area contributed by atoms with Crippen LogP contribution in [0.2, 0.25) is 0 Å². The number of nitrogens with zero attached hydrogens (tertiary/aromatic N) is 1. The molecule has 0 radical (unpaired) electrons. The zero-order valence-electron chi connectivity index (χ0n) is 17.6. The summed E-state index contributed by atoms with van der Waals surface area (Å²) in [7, 11) is 0. The summed E-state index contributed by atoms with van der Waals surface area (Å²) in [6, 6.07) is 7.88. The van der Waals surface area contributed by atoms with Crippen LogP contribution in [-0.4, -0.2) is 47.4 Å². The lowest BCUT2D eigenvalue weighted by Gasteiger charge is -2.20. The number of ether oxygens (including phenoxy) is 1. The van der Waals surface area contributed by atoms with Crippen molar-refractivity contribution in [1.82, 2.24) is 15.2 Å². The van der Waals surface area contributed by atoms with Crippen LogP contribution < -0.4 is 11.1 Å². The third kappa shape index (κ3) is 5.97. The molecule has 2 aromatic rings. The maximum Gasteiger partial charge on any atom is 0.311 e. The fraction of sp³-hybridized carbons (Fsp3) is 0.348. The Labute approximate surface area is 181 Å². The molecule has 3 rings (SSSR count). The predicted molar refractivity (Wildman–Crippen MR) is 117 cm³/mol. The van der Waals surface area contributed by atoms with Gasteiger partial charge in [-0.15, -0.1) is 0 Å². The van der Waals surface area contributed by atoms with Crippen molar-refractivity contribution in [3.05, 3.63) is 60.1 Å². The SMILES string of the molecule is CCOC(=O)C(CNC(=O)CCN1C=CCC(C(N)=O)=C1)Cc1c[nH]c2ccccc12. The van der Waals surface area contributed by atoms with Crippen molar-refractivity contribution in [3.8, 4) is 0 Å². The third-order valence-electron chi connectivity index (χ3n) is 5.18. The van der Waals surface area contributed by atoms with Gasteiger partial charge in [-0.05, 0) is 37.6 Å². The van der Waals surface area contributed by atoms with Crippen LogP contribution in [0.25, 0.3) is 10.9 Å². The number of amides is 2. The molecule has 1 aromatic carbocycles. The number of esters is 1. The molecule has 0 aliphatic carbocycles. The Bertz CT molecular complexity index is 1010. The number of hydrogen-bond donors (Lipinski definition) is 3. The largest absolute Gasteiger partial charge is 0.466 e. The summed E-state index contributed by atoms with van der Waals surface area (Å²) in [5, 5.41) is 3.90. The van der Waals surface area contributed by atoms with E-state index in [-0.39, 0.29) is 31.4 Å². The minimum absolute atomic E-state index is 0.179. The topological polar surface area (TPSA) is 118 Å². The maximum absolute atomic E-state index is 12.5. The summed E-state index contributed by atoms with van der Waals surface area (Å²) < 4.78 is 5.22. The number of carbonyl (C=O) groups is 3. The number of nitrogens with two attached hydrogens (primary N) is 1. The van der Waals surface area contributed by atoms with Gasteiger partial charge < -0.3 is 25.7 Å².